The molecular weight excluding hydrogens is 242 g/mol. The molecule has 1 rings (SSSR count). The molecule has 3 heteroatoms. The average Bonchev–Trinajstić information content (AvgIpc) is 2.50. The van der Waals surface area contributed by atoms with Crippen molar-refractivity contribution >= 4 is 17.7 Å². The normalized spacial score (nSPS) is 26.8. The topological polar surface area (TPSA) is 20.3 Å². The Hall–Kier alpha value is -0.180. The standard InChI is InChI=1S/C15H29NOS/c1-5-6-10-18-14(4)15(17)16-11-12(2)8-7-9-13(16)3/h12-14H,5-11H2,1-4H3/t12-,13-,14+/m0/s1. The highest BCUT2D eigenvalue weighted by atomic mass is 32.2. The highest BCUT2D eigenvalue weighted by Crippen LogP contribution is 2.24. The van der Waals surface area contributed by atoms with Crippen LogP contribution in [0.4, 0.5) is 0 Å². The van der Waals surface area contributed by atoms with E-state index in [1.54, 1.807) is 0 Å². The maximum Gasteiger partial charge on any atom is 0.235 e. The predicted molar refractivity (Wildman–Crippen MR) is 81.0 cm³/mol. The van der Waals surface area contributed by atoms with Crippen molar-refractivity contribution in [1.29, 1.82) is 0 Å². The summed E-state index contributed by atoms with van der Waals surface area (Å²) >= 11 is 1.82. The molecule has 2 nitrogen and oxygen atoms in total. The molecule has 1 saturated heterocycles. The van der Waals surface area contributed by atoms with E-state index in [0.29, 0.717) is 17.9 Å². The van der Waals surface area contributed by atoms with Gasteiger partial charge in [0.15, 0.2) is 0 Å². The maximum atomic E-state index is 12.5. The first-order valence-electron chi connectivity index (χ1n) is 7.48. The first-order valence-corrected chi connectivity index (χ1v) is 8.53. The molecule has 0 bridgehead atoms. The van der Waals surface area contributed by atoms with Crippen molar-refractivity contribution in [2.24, 2.45) is 5.92 Å². The highest BCUT2D eigenvalue weighted by Gasteiger charge is 2.28. The van der Waals surface area contributed by atoms with E-state index in [4.69, 9.17) is 0 Å². The monoisotopic (exact) mass is 271 g/mol. The quantitative estimate of drug-likeness (QED) is 0.706. The van der Waals surface area contributed by atoms with Gasteiger partial charge in [0, 0.05) is 12.6 Å². The first kappa shape index (κ1) is 15.9. The Labute approximate surface area is 117 Å². The fourth-order valence-electron chi connectivity index (χ4n) is 2.54. The SMILES string of the molecule is CCCCS[C@H](C)C(=O)N1C[C@@H](C)CCC[C@@H]1C. The van der Waals surface area contributed by atoms with Crippen molar-refractivity contribution in [1.82, 2.24) is 4.90 Å². The predicted octanol–water partition coefficient (Wildman–Crippen LogP) is 3.95. The Bertz CT molecular complexity index is 257. The van der Waals surface area contributed by atoms with E-state index in [-0.39, 0.29) is 5.25 Å². The van der Waals surface area contributed by atoms with Gasteiger partial charge in [-0.15, -0.1) is 11.8 Å². The lowest BCUT2D eigenvalue weighted by molar-refractivity contribution is -0.132. The summed E-state index contributed by atoms with van der Waals surface area (Å²) < 4.78 is 0. The van der Waals surface area contributed by atoms with Crippen LogP contribution in [-0.2, 0) is 4.79 Å². The summed E-state index contributed by atoms with van der Waals surface area (Å²) in [5.74, 6) is 2.13. The third kappa shape index (κ3) is 4.83. The van der Waals surface area contributed by atoms with Crippen molar-refractivity contribution in [3.05, 3.63) is 0 Å². The molecule has 0 unspecified atom stereocenters. The summed E-state index contributed by atoms with van der Waals surface area (Å²) in [5, 5.41) is 0.129. The molecule has 3 atom stereocenters. The molecule has 0 N–H and O–H groups in total. The number of likely N-dealkylation sites (tertiary alicyclic amines) is 1. The minimum atomic E-state index is 0.129. The second-order valence-corrected chi connectivity index (χ2v) is 7.19. The van der Waals surface area contributed by atoms with E-state index < -0.39 is 0 Å². The van der Waals surface area contributed by atoms with Crippen molar-refractivity contribution < 1.29 is 4.79 Å². The van der Waals surface area contributed by atoms with Crippen LogP contribution in [0.3, 0.4) is 0 Å². The van der Waals surface area contributed by atoms with Crippen LogP contribution in [0, 0.1) is 5.92 Å². The Morgan fingerprint density at radius 1 is 1.39 bits per heavy atom. The van der Waals surface area contributed by atoms with Crippen molar-refractivity contribution in [2.75, 3.05) is 12.3 Å². The number of carbonyl (C=O) groups excluding carboxylic acids is 1. The molecule has 0 aromatic heterocycles. The van der Waals surface area contributed by atoms with E-state index >= 15 is 0 Å². The van der Waals surface area contributed by atoms with E-state index in [2.05, 4.69) is 32.6 Å². The van der Waals surface area contributed by atoms with Gasteiger partial charge < -0.3 is 4.90 Å². The number of carbonyl (C=O) groups is 1. The molecule has 0 aromatic carbocycles. The van der Waals surface area contributed by atoms with Crippen LogP contribution in [0.5, 0.6) is 0 Å². The van der Waals surface area contributed by atoms with Crippen LogP contribution in [0.25, 0.3) is 0 Å². The molecule has 0 aromatic rings. The smallest absolute Gasteiger partial charge is 0.235 e. The number of thioether (sulfide) groups is 1. The number of unbranched alkanes of at least 4 members (excludes halogenated alkanes) is 1. The van der Waals surface area contributed by atoms with Gasteiger partial charge in [0.2, 0.25) is 5.91 Å². The molecule has 0 spiro atoms. The van der Waals surface area contributed by atoms with Gasteiger partial charge in [0.1, 0.15) is 0 Å². The summed E-state index contributed by atoms with van der Waals surface area (Å²) in [7, 11) is 0. The van der Waals surface area contributed by atoms with Crippen LogP contribution < -0.4 is 0 Å². The van der Waals surface area contributed by atoms with Gasteiger partial charge in [0.25, 0.3) is 0 Å². The second-order valence-electron chi connectivity index (χ2n) is 5.74. The van der Waals surface area contributed by atoms with Crippen LogP contribution in [-0.4, -0.2) is 34.4 Å². The molecule has 0 saturated carbocycles. The van der Waals surface area contributed by atoms with Gasteiger partial charge in [-0.2, -0.15) is 0 Å². The minimum absolute atomic E-state index is 0.129. The summed E-state index contributed by atoms with van der Waals surface area (Å²) in [6.07, 6.45) is 6.14. The Kier molecular flexibility index (Phi) is 7.13. The number of hydrogen-bond donors (Lipinski definition) is 0. The molecule has 18 heavy (non-hydrogen) atoms. The fraction of sp³-hybridized carbons (Fsp3) is 0.933. The van der Waals surface area contributed by atoms with Gasteiger partial charge in [-0.05, 0) is 44.8 Å². The van der Waals surface area contributed by atoms with Crippen molar-refractivity contribution in [3.8, 4) is 0 Å². The zero-order valence-electron chi connectivity index (χ0n) is 12.4. The Morgan fingerprint density at radius 3 is 2.78 bits per heavy atom. The molecule has 1 amide bonds. The van der Waals surface area contributed by atoms with Crippen molar-refractivity contribution in [2.45, 2.75) is 71.1 Å². The summed E-state index contributed by atoms with van der Waals surface area (Å²) in [6, 6.07) is 0.427. The largest absolute Gasteiger partial charge is 0.339 e. The van der Waals surface area contributed by atoms with Crippen LogP contribution in [0.1, 0.15) is 59.8 Å². The number of rotatable bonds is 5. The Morgan fingerprint density at radius 2 is 2.11 bits per heavy atom. The van der Waals surface area contributed by atoms with Gasteiger partial charge in [-0.3, -0.25) is 4.79 Å². The van der Waals surface area contributed by atoms with E-state index in [9.17, 15) is 4.79 Å². The van der Waals surface area contributed by atoms with E-state index in [0.717, 1.165) is 12.3 Å². The maximum absolute atomic E-state index is 12.5. The molecule has 1 aliphatic heterocycles. The first-order chi connectivity index (χ1) is 8.56. The zero-order chi connectivity index (χ0) is 13.5. The number of nitrogens with zero attached hydrogens (tertiary/aromatic N) is 1. The second kappa shape index (κ2) is 8.08. The van der Waals surface area contributed by atoms with Gasteiger partial charge in [-0.1, -0.05) is 26.7 Å². The van der Waals surface area contributed by atoms with Crippen LogP contribution in [0.2, 0.25) is 0 Å². The molecule has 0 radical (unpaired) electrons. The van der Waals surface area contributed by atoms with Crippen LogP contribution >= 0.6 is 11.8 Å². The lowest BCUT2D eigenvalue weighted by Crippen LogP contribution is -2.43. The van der Waals surface area contributed by atoms with E-state index in [1.807, 2.05) is 11.8 Å². The zero-order valence-corrected chi connectivity index (χ0v) is 13.3. The number of amides is 1. The van der Waals surface area contributed by atoms with E-state index in [1.165, 1.54) is 32.1 Å². The molecular formula is C15H29NOS. The summed E-state index contributed by atoms with van der Waals surface area (Å²) in [4.78, 5) is 14.6. The minimum Gasteiger partial charge on any atom is -0.339 e. The van der Waals surface area contributed by atoms with Gasteiger partial charge in [0.05, 0.1) is 5.25 Å². The number of hydrogen-bond acceptors (Lipinski definition) is 2. The Balaban J connectivity index is 2.51. The van der Waals surface area contributed by atoms with Gasteiger partial charge >= 0.3 is 0 Å². The molecule has 106 valence electrons. The average molecular weight is 271 g/mol. The summed E-state index contributed by atoms with van der Waals surface area (Å²) in [5.41, 5.74) is 0. The molecule has 1 aliphatic rings. The fourth-order valence-corrected chi connectivity index (χ4v) is 3.63. The summed E-state index contributed by atoms with van der Waals surface area (Å²) in [6.45, 7) is 9.71. The van der Waals surface area contributed by atoms with Crippen LogP contribution in [0.15, 0.2) is 0 Å². The third-order valence-electron chi connectivity index (χ3n) is 3.86. The van der Waals surface area contributed by atoms with Crippen molar-refractivity contribution in [3.63, 3.8) is 0 Å². The van der Waals surface area contributed by atoms with Gasteiger partial charge in [-0.25, -0.2) is 0 Å². The molecule has 1 heterocycles. The molecule has 1 fully saturated rings. The molecule has 0 aliphatic carbocycles. The lowest BCUT2D eigenvalue weighted by atomic mass is 10.1. The third-order valence-corrected chi connectivity index (χ3v) is 5.08. The highest BCUT2D eigenvalue weighted by molar-refractivity contribution is 8.00. The lowest BCUT2D eigenvalue weighted by Gasteiger charge is -2.31.